The smallest absolute Gasteiger partial charge is 0.315 e. The van der Waals surface area contributed by atoms with Crippen molar-refractivity contribution >= 4 is 6.03 Å². The highest BCUT2D eigenvalue weighted by molar-refractivity contribution is 5.73. The first kappa shape index (κ1) is 15.7. The van der Waals surface area contributed by atoms with Crippen LogP contribution in [-0.4, -0.2) is 50.3 Å². The number of aryl methyl sites for hydroxylation is 1. The molecule has 1 aliphatic rings. The topological polar surface area (TPSA) is 53.6 Å². The predicted octanol–water partition coefficient (Wildman–Crippen LogP) is 1.27. The van der Waals surface area contributed by atoms with Crippen molar-refractivity contribution in [1.29, 1.82) is 0 Å². The molecule has 0 aromatic heterocycles. The van der Waals surface area contributed by atoms with Gasteiger partial charge in [-0.05, 0) is 24.1 Å². The van der Waals surface area contributed by atoms with E-state index in [9.17, 15) is 9.18 Å². The maximum atomic E-state index is 13.1. The van der Waals surface area contributed by atoms with Gasteiger partial charge in [0.05, 0.1) is 13.2 Å². The minimum Gasteiger partial charge on any atom is -0.379 e. The maximum absolute atomic E-state index is 13.1. The monoisotopic (exact) mass is 295 g/mol. The predicted molar refractivity (Wildman–Crippen MR) is 78.6 cm³/mol. The molecule has 0 saturated carbocycles. The van der Waals surface area contributed by atoms with E-state index in [1.807, 2.05) is 0 Å². The summed E-state index contributed by atoms with van der Waals surface area (Å²) in [4.78, 5) is 13.9. The van der Waals surface area contributed by atoms with E-state index in [1.165, 1.54) is 6.07 Å². The van der Waals surface area contributed by atoms with Gasteiger partial charge in [-0.2, -0.15) is 0 Å². The SMILES string of the molecule is Cc1cc(CNC(=O)NCCN2CCOCC2)ccc1F. The van der Waals surface area contributed by atoms with Crippen LogP contribution in [0.2, 0.25) is 0 Å². The third-order valence-electron chi connectivity index (χ3n) is 3.49. The number of amides is 2. The second-order valence-corrected chi connectivity index (χ2v) is 5.15. The van der Waals surface area contributed by atoms with Crippen LogP contribution in [0.5, 0.6) is 0 Å². The number of halogens is 1. The Bertz CT molecular complexity index is 476. The highest BCUT2D eigenvalue weighted by atomic mass is 19.1. The molecule has 116 valence electrons. The second kappa shape index (κ2) is 7.95. The van der Waals surface area contributed by atoms with Crippen LogP contribution in [0.3, 0.4) is 0 Å². The van der Waals surface area contributed by atoms with E-state index in [1.54, 1.807) is 19.1 Å². The number of ether oxygens (including phenoxy) is 1. The van der Waals surface area contributed by atoms with E-state index in [0.717, 1.165) is 38.4 Å². The van der Waals surface area contributed by atoms with Crippen molar-refractivity contribution in [2.24, 2.45) is 0 Å². The average molecular weight is 295 g/mol. The molecule has 0 spiro atoms. The fourth-order valence-electron chi connectivity index (χ4n) is 2.21. The zero-order valence-corrected chi connectivity index (χ0v) is 12.3. The summed E-state index contributed by atoms with van der Waals surface area (Å²) in [6.07, 6.45) is 0. The molecule has 2 rings (SSSR count). The number of morpholine rings is 1. The molecule has 0 atom stereocenters. The third kappa shape index (κ3) is 5.32. The van der Waals surface area contributed by atoms with Crippen molar-refractivity contribution in [2.45, 2.75) is 13.5 Å². The lowest BCUT2D eigenvalue weighted by molar-refractivity contribution is 0.0387. The zero-order chi connectivity index (χ0) is 15.1. The van der Waals surface area contributed by atoms with E-state index in [2.05, 4.69) is 15.5 Å². The molecule has 1 heterocycles. The van der Waals surface area contributed by atoms with Gasteiger partial charge in [-0.25, -0.2) is 9.18 Å². The first-order chi connectivity index (χ1) is 10.1. The highest BCUT2D eigenvalue weighted by Gasteiger charge is 2.10. The Kier molecular flexibility index (Phi) is 5.95. The number of hydrogen-bond donors (Lipinski definition) is 2. The van der Waals surface area contributed by atoms with E-state index >= 15 is 0 Å². The fourth-order valence-corrected chi connectivity index (χ4v) is 2.21. The summed E-state index contributed by atoms with van der Waals surface area (Å²) < 4.78 is 18.4. The molecule has 0 aliphatic carbocycles. The lowest BCUT2D eigenvalue weighted by Gasteiger charge is -2.26. The fraction of sp³-hybridized carbons (Fsp3) is 0.533. The number of urea groups is 1. The number of nitrogens with one attached hydrogen (secondary N) is 2. The minimum atomic E-state index is -0.228. The van der Waals surface area contributed by atoms with Crippen molar-refractivity contribution in [3.8, 4) is 0 Å². The largest absolute Gasteiger partial charge is 0.379 e. The molecule has 0 radical (unpaired) electrons. The van der Waals surface area contributed by atoms with Gasteiger partial charge < -0.3 is 15.4 Å². The van der Waals surface area contributed by atoms with Crippen molar-refractivity contribution in [1.82, 2.24) is 15.5 Å². The van der Waals surface area contributed by atoms with Crippen molar-refractivity contribution in [3.05, 3.63) is 35.1 Å². The molecule has 21 heavy (non-hydrogen) atoms. The van der Waals surface area contributed by atoms with Gasteiger partial charge >= 0.3 is 6.03 Å². The van der Waals surface area contributed by atoms with Crippen LogP contribution >= 0.6 is 0 Å². The molecule has 2 amide bonds. The summed E-state index contributed by atoms with van der Waals surface area (Å²) in [5.41, 5.74) is 1.47. The number of hydrogen-bond acceptors (Lipinski definition) is 3. The summed E-state index contributed by atoms with van der Waals surface area (Å²) in [5.74, 6) is -0.228. The molecule has 2 N–H and O–H groups in total. The molecular weight excluding hydrogens is 273 g/mol. The van der Waals surface area contributed by atoms with Crippen molar-refractivity contribution < 1.29 is 13.9 Å². The summed E-state index contributed by atoms with van der Waals surface area (Å²) in [5, 5.41) is 5.59. The van der Waals surface area contributed by atoms with Crippen LogP contribution in [-0.2, 0) is 11.3 Å². The van der Waals surface area contributed by atoms with Crippen LogP contribution in [0, 0.1) is 12.7 Å². The lowest BCUT2D eigenvalue weighted by Crippen LogP contribution is -2.43. The van der Waals surface area contributed by atoms with Gasteiger partial charge in [-0.3, -0.25) is 4.90 Å². The Balaban J connectivity index is 1.63. The quantitative estimate of drug-likeness (QED) is 0.860. The van der Waals surface area contributed by atoms with Crippen LogP contribution in [0.1, 0.15) is 11.1 Å². The van der Waals surface area contributed by atoms with E-state index in [0.29, 0.717) is 18.7 Å². The molecule has 0 unspecified atom stereocenters. The number of carbonyl (C=O) groups excluding carboxylic acids is 1. The first-order valence-corrected chi connectivity index (χ1v) is 7.22. The maximum Gasteiger partial charge on any atom is 0.315 e. The molecule has 0 bridgehead atoms. The Hall–Kier alpha value is -1.66. The van der Waals surface area contributed by atoms with Crippen molar-refractivity contribution in [3.63, 3.8) is 0 Å². The molecule has 1 aromatic carbocycles. The zero-order valence-electron chi connectivity index (χ0n) is 12.3. The lowest BCUT2D eigenvalue weighted by atomic mass is 10.1. The minimum absolute atomic E-state index is 0.203. The van der Waals surface area contributed by atoms with Gasteiger partial charge in [0.25, 0.3) is 0 Å². The standard InChI is InChI=1S/C15H22FN3O2/c1-12-10-13(2-3-14(12)16)11-18-15(20)17-4-5-19-6-8-21-9-7-19/h2-3,10H,4-9,11H2,1H3,(H2,17,18,20). The Morgan fingerprint density at radius 2 is 2.10 bits per heavy atom. The van der Waals surface area contributed by atoms with E-state index < -0.39 is 0 Å². The Morgan fingerprint density at radius 1 is 1.33 bits per heavy atom. The van der Waals surface area contributed by atoms with Gasteiger partial charge in [0.15, 0.2) is 0 Å². The number of nitrogens with zero attached hydrogens (tertiary/aromatic N) is 1. The van der Waals surface area contributed by atoms with Gasteiger partial charge in [-0.15, -0.1) is 0 Å². The number of benzene rings is 1. The molecule has 1 fully saturated rings. The highest BCUT2D eigenvalue weighted by Crippen LogP contribution is 2.08. The molecule has 1 aromatic rings. The van der Waals surface area contributed by atoms with Gasteiger partial charge in [-0.1, -0.05) is 12.1 Å². The molecule has 1 saturated heterocycles. The number of rotatable bonds is 5. The van der Waals surface area contributed by atoms with Gasteiger partial charge in [0.1, 0.15) is 5.82 Å². The van der Waals surface area contributed by atoms with E-state index in [4.69, 9.17) is 4.74 Å². The average Bonchev–Trinajstić information content (AvgIpc) is 2.49. The van der Waals surface area contributed by atoms with Crippen LogP contribution < -0.4 is 10.6 Å². The first-order valence-electron chi connectivity index (χ1n) is 7.22. The van der Waals surface area contributed by atoms with E-state index in [-0.39, 0.29) is 11.8 Å². The second-order valence-electron chi connectivity index (χ2n) is 5.15. The van der Waals surface area contributed by atoms with Gasteiger partial charge in [0, 0.05) is 32.7 Å². The summed E-state index contributed by atoms with van der Waals surface area (Å²) >= 11 is 0. The molecule has 1 aliphatic heterocycles. The summed E-state index contributed by atoms with van der Waals surface area (Å²) in [7, 11) is 0. The van der Waals surface area contributed by atoms with Crippen LogP contribution in [0.25, 0.3) is 0 Å². The number of carbonyl (C=O) groups is 1. The Labute approximate surface area is 124 Å². The molecule has 6 heteroatoms. The normalized spacial score (nSPS) is 15.7. The van der Waals surface area contributed by atoms with Gasteiger partial charge in [0.2, 0.25) is 0 Å². The van der Waals surface area contributed by atoms with Crippen LogP contribution in [0.15, 0.2) is 18.2 Å². The third-order valence-corrected chi connectivity index (χ3v) is 3.49. The summed E-state index contributed by atoms with van der Waals surface area (Å²) in [6, 6.07) is 4.63. The van der Waals surface area contributed by atoms with Crippen molar-refractivity contribution in [2.75, 3.05) is 39.4 Å². The van der Waals surface area contributed by atoms with Crippen LogP contribution in [0.4, 0.5) is 9.18 Å². The molecular formula is C15H22FN3O2. The molecule has 5 nitrogen and oxygen atoms in total. The summed E-state index contributed by atoms with van der Waals surface area (Å²) in [6.45, 7) is 6.88. The Morgan fingerprint density at radius 3 is 2.81 bits per heavy atom.